The standard InChI is InChI=1S/C22H26N2O3/c1-16-10-11-18(14-17(16)2)27-15-21(25)23-20-9-5-4-8-19(20)22(26)24-12-6-3-7-13-24/h4-5,8-11,14H,3,6-7,12-13,15H2,1-2H3,(H,23,25). The number of carbonyl (C=O) groups excluding carboxylic acids is 2. The van der Waals surface area contributed by atoms with Crippen molar-refractivity contribution < 1.29 is 14.3 Å². The summed E-state index contributed by atoms with van der Waals surface area (Å²) >= 11 is 0. The molecule has 5 nitrogen and oxygen atoms in total. The quantitative estimate of drug-likeness (QED) is 0.872. The molecular formula is C22H26N2O3. The largest absolute Gasteiger partial charge is 0.484 e. The Hall–Kier alpha value is -2.82. The Bertz CT molecular complexity index is 826. The number of rotatable bonds is 5. The van der Waals surface area contributed by atoms with Gasteiger partial charge in [-0.1, -0.05) is 18.2 Å². The first-order chi connectivity index (χ1) is 13.0. The highest BCUT2D eigenvalue weighted by Gasteiger charge is 2.21. The maximum atomic E-state index is 12.8. The second kappa shape index (κ2) is 8.71. The monoisotopic (exact) mass is 366 g/mol. The third-order valence-corrected chi connectivity index (χ3v) is 4.92. The topological polar surface area (TPSA) is 58.6 Å². The molecule has 1 heterocycles. The van der Waals surface area contributed by atoms with E-state index in [2.05, 4.69) is 5.32 Å². The fraction of sp³-hybridized carbons (Fsp3) is 0.364. The van der Waals surface area contributed by atoms with Crippen LogP contribution in [0.3, 0.4) is 0 Å². The van der Waals surface area contributed by atoms with Gasteiger partial charge in [0.05, 0.1) is 11.3 Å². The zero-order valence-electron chi connectivity index (χ0n) is 16.0. The van der Waals surface area contributed by atoms with Crippen molar-refractivity contribution in [1.82, 2.24) is 4.90 Å². The molecule has 1 aliphatic rings. The van der Waals surface area contributed by atoms with E-state index in [-0.39, 0.29) is 18.4 Å². The van der Waals surface area contributed by atoms with Crippen LogP contribution in [-0.4, -0.2) is 36.4 Å². The molecule has 2 aromatic rings. The maximum absolute atomic E-state index is 12.8. The Morgan fingerprint density at radius 2 is 1.74 bits per heavy atom. The molecule has 0 bridgehead atoms. The Kier molecular flexibility index (Phi) is 6.12. The van der Waals surface area contributed by atoms with Crippen LogP contribution in [0.15, 0.2) is 42.5 Å². The fourth-order valence-electron chi connectivity index (χ4n) is 3.18. The zero-order chi connectivity index (χ0) is 19.2. The summed E-state index contributed by atoms with van der Waals surface area (Å²) in [4.78, 5) is 27.0. The average Bonchev–Trinajstić information content (AvgIpc) is 2.69. The van der Waals surface area contributed by atoms with E-state index >= 15 is 0 Å². The number of anilines is 1. The first-order valence-corrected chi connectivity index (χ1v) is 9.43. The number of amides is 2. The molecule has 3 rings (SSSR count). The molecule has 0 spiro atoms. The number of nitrogens with zero attached hydrogens (tertiary/aromatic N) is 1. The summed E-state index contributed by atoms with van der Waals surface area (Å²) in [7, 11) is 0. The minimum absolute atomic E-state index is 0.0272. The highest BCUT2D eigenvalue weighted by molar-refractivity contribution is 6.04. The molecule has 1 aliphatic heterocycles. The molecule has 0 atom stereocenters. The minimum Gasteiger partial charge on any atom is -0.484 e. The van der Waals surface area contributed by atoms with Crippen LogP contribution in [0.4, 0.5) is 5.69 Å². The van der Waals surface area contributed by atoms with Crippen LogP contribution >= 0.6 is 0 Å². The van der Waals surface area contributed by atoms with Gasteiger partial charge < -0.3 is 15.0 Å². The van der Waals surface area contributed by atoms with Crippen molar-refractivity contribution in [3.8, 4) is 5.75 Å². The van der Waals surface area contributed by atoms with Gasteiger partial charge in [0.25, 0.3) is 11.8 Å². The van der Waals surface area contributed by atoms with E-state index in [1.54, 1.807) is 12.1 Å². The van der Waals surface area contributed by atoms with Gasteiger partial charge in [-0.2, -0.15) is 0 Å². The van der Waals surface area contributed by atoms with Crippen molar-refractivity contribution in [3.05, 3.63) is 59.2 Å². The van der Waals surface area contributed by atoms with Crippen molar-refractivity contribution in [3.63, 3.8) is 0 Å². The van der Waals surface area contributed by atoms with Crippen LogP contribution in [0.5, 0.6) is 5.75 Å². The molecule has 2 amide bonds. The van der Waals surface area contributed by atoms with Gasteiger partial charge in [-0.25, -0.2) is 0 Å². The number of hydrogen-bond donors (Lipinski definition) is 1. The molecule has 0 aliphatic carbocycles. The van der Waals surface area contributed by atoms with Crippen molar-refractivity contribution in [2.24, 2.45) is 0 Å². The van der Waals surface area contributed by atoms with Gasteiger partial charge in [-0.15, -0.1) is 0 Å². The second-order valence-electron chi connectivity index (χ2n) is 6.98. The summed E-state index contributed by atoms with van der Waals surface area (Å²) in [6.07, 6.45) is 3.23. The van der Waals surface area contributed by atoms with Gasteiger partial charge in [-0.3, -0.25) is 9.59 Å². The van der Waals surface area contributed by atoms with E-state index in [1.165, 1.54) is 5.56 Å². The lowest BCUT2D eigenvalue weighted by Gasteiger charge is -2.27. The lowest BCUT2D eigenvalue weighted by molar-refractivity contribution is -0.118. The summed E-state index contributed by atoms with van der Waals surface area (Å²) in [5, 5.41) is 2.82. The second-order valence-corrected chi connectivity index (χ2v) is 6.98. The van der Waals surface area contributed by atoms with Crippen molar-refractivity contribution in [1.29, 1.82) is 0 Å². The molecule has 1 N–H and O–H groups in total. The molecule has 0 unspecified atom stereocenters. The summed E-state index contributed by atoms with van der Waals surface area (Å²) < 4.78 is 5.59. The van der Waals surface area contributed by atoms with Crippen LogP contribution in [-0.2, 0) is 4.79 Å². The molecule has 0 saturated carbocycles. The minimum atomic E-state index is -0.285. The lowest BCUT2D eigenvalue weighted by atomic mass is 10.1. The normalized spacial score (nSPS) is 13.9. The van der Waals surface area contributed by atoms with E-state index in [0.717, 1.165) is 37.9 Å². The first-order valence-electron chi connectivity index (χ1n) is 9.43. The summed E-state index contributed by atoms with van der Waals surface area (Å²) in [5.41, 5.74) is 3.35. The number of para-hydroxylation sites is 1. The number of piperidine rings is 1. The van der Waals surface area contributed by atoms with E-state index in [1.807, 2.05) is 49.1 Å². The third-order valence-electron chi connectivity index (χ3n) is 4.92. The van der Waals surface area contributed by atoms with Crippen LogP contribution < -0.4 is 10.1 Å². The molecule has 5 heteroatoms. The fourth-order valence-corrected chi connectivity index (χ4v) is 3.18. The predicted molar refractivity (Wildman–Crippen MR) is 106 cm³/mol. The summed E-state index contributed by atoms with van der Waals surface area (Å²) in [6.45, 7) is 5.48. The number of ether oxygens (including phenoxy) is 1. The number of carbonyl (C=O) groups is 2. The van der Waals surface area contributed by atoms with E-state index in [4.69, 9.17) is 4.74 Å². The first kappa shape index (κ1) is 19.0. The molecule has 0 radical (unpaired) electrons. The number of aryl methyl sites for hydroxylation is 2. The lowest BCUT2D eigenvalue weighted by Crippen LogP contribution is -2.36. The molecule has 27 heavy (non-hydrogen) atoms. The molecule has 1 saturated heterocycles. The van der Waals surface area contributed by atoms with Gasteiger partial charge in [-0.05, 0) is 68.5 Å². The van der Waals surface area contributed by atoms with Gasteiger partial charge >= 0.3 is 0 Å². The summed E-state index contributed by atoms with van der Waals surface area (Å²) in [5.74, 6) is 0.346. The third kappa shape index (κ3) is 4.88. The summed E-state index contributed by atoms with van der Waals surface area (Å²) in [6, 6.07) is 12.9. The Labute approximate surface area is 160 Å². The SMILES string of the molecule is Cc1ccc(OCC(=O)Nc2ccccc2C(=O)N2CCCCC2)cc1C. The van der Waals surface area contributed by atoms with Gasteiger partial charge in [0.1, 0.15) is 5.75 Å². The highest BCUT2D eigenvalue weighted by atomic mass is 16.5. The smallest absolute Gasteiger partial charge is 0.262 e. The van der Waals surface area contributed by atoms with Crippen LogP contribution in [0.1, 0.15) is 40.7 Å². The highest BCUT2D eigenvalue weighted by Crippen LogP contribution is 2.20. The van der Waals surface area contributed by atoms with Crippen molar-refractivity contribution in [2.45, 2.75) is 33.1 Å². The maximum Gasteiger partial charge on any atom is 0.262 e. The predicted octanol–water partition coefficient (Wildman–Crippen LogP) is 3.95. The number of benzene rings is 2. The van der Waals surface area contributed by atoms with Crippen molar-refractivity contribution in [2.75, 3.05) is 25.0 Å². The van der Waals surface area contributed by atoms with Crippen molar-refractivity contribution >= 4 is 17.5 Å². The molecular weight excluding hydrogens is 340 g/mol. The zero-order valence-corrected chi connectivity index (χ0v) is 16.0. The van der Waals surface area contributed by atoms with Gasteiger partial charge in [0.15, 0.2) is 6.61 Å². The van der Waals surface area contributed by atoms with E-state index in [0.29, 0.717) is 17.0 Å². The Morgan fingerprint density at radius 3 is 2.48 bits per heavy atom. The van der Waals surface area contributed by atoms with Crippen LogP contribution in [0.2, 0.25) is 0 Å². The van der Waals surface area contributed by atoms with Crippen LogP contribution in [0, 0.1) is 13.8 Å². The van der Waals surface area contributed by atoms with Gasteiger partial charge in [0, 0.05) is 13.1 Å². The number of hydrogen-bond acceptors (Lipinski definition) is 3. The number of nitrogens with one attached hydrogen (secondary N) is 1. The Morgan fingerprint density at radius 1 is 1.00 bits per heavy atom. The molecule has 1 fully saturated rings. The molecule has 142 valence electrons. The Balaban J connectivity index is 1.63. The molecule has 2 aromatic carbocycles. The van der Waals surface area contributed by atoms with Gasteiger partial charge in [0.2, 0.25) is 0 Å². The average molecular weight is 366 g/mol. The van der Waals surface area contributed by atoms with E-state index in [9.17, 15) is 9.59 Å². The number of likely N-dealkylation sites (tertiary alicyclic amines) is 1. The molecule has 0 aromatic heterocycles. The van der Waals surface area contributed by atoms with Crippen LogP contribution in [0.25, 0.3) is 0 Å². The van der Waals surface area contributed by atoms with E-state index < -0.39 is 0 Å².